The standard InChI is InChI=1S/C27H32N2O8/c1-28-8-7-15-17(13-29-9-11-34-12-10-29)23-26(36-14-35-23)25(33-4)19(15)21(28)22-16-5-6-18(31-2)24(32-3)20(16)27(30)37-22/h5-6,21-22H,7-14H2,1-4H3/t21-,22+/m1/s1. The quantitative estimate of drug-likeness (QED) is 0.539. The molecule has 4 heterocycles. The Morgan fingerprint density at radius 1 is 0.973 bits per heavy atom. The van der Waals surface area contributed by atoms with Gasteiger partial charge in [-0.3, -0.25) is 9.80 Å². The molecule has 4 aliphatic rings. The van der Waals surface area contributed by atoms with E-state index < -0.39 is 12.1 Å². The van der Waals surface area contributed by atoms with Crippen molar-refractivity contribution in [1.29, 1.82) is 0 Å². The molecule has 2 aromatic rings. The molecule has 0 aliphatic carbocycles. The molecule has 198 valence electrons. The molecule has 0 spiro atoms. The van der Waals surface area contributed by atoms with Gasteiger partial charge in [-0.05, 0) is 25.1 Å². The van der Waals surface area contributed by atoms with E-state index in [2.05, 4.69) is 9.80 Å². The maximum Gasteiger partial charge on any atom is 0.343 e. The molecule has 10 nitrogen and oxygen atoms in total. The predicted octanol–water partition coefficient (Wildman–Crippen LogP) is 2.71. The van der Waals surface area contributed by atoms with Crippen molar-refractivity contribution in [1.82, 2.24) is 9.80 Å². The number of cyclic esters (lactones) is 1. The molecule has 37 heavy (non-hydrogen) atoms. The van der Waals surface area contributed by atoms with E-state index in [1.165, 1.54) is 12.7 Å². The first-order chi connectivity index (χ1) is 18.1. The van der Waals surface area contributed by atoms with E-state index in [0.29, 0.717) is 41.8 Å². The van der Waals surface area contributed by atoms with Gasteiger partial charge in [-0.25, -0.2) is 4.79 Å². The number of esters is 1. The first-order valence-corrected chi connectivity index (χ1v) is 12.5. The molecule has 0 radical (unpaired) electrons. The summed E-state index contributed by atoms with van der Waals surface area (Å²) >= 11 is 0. The third-order valence-corrected chi connectivity index (χ3v) is 7.81. The van der Waals surface area contributed by atoms with Gasteiger partial charge in [0.25, 0.3) is 0 Å². The summed E-state index contributed by atoms with van der Waals surface area (Å²) in [5.74, 6) is 2.45. The van der Waals surface area contributed by atoms with E-state index in [4.69, 9.17) is 33.2 Å². The van der Waals surface area contributed by atoms with Gasteiger partial charge in [0.05, 0.1) is 40.6 Å². The molecule has 2 aromatic carbocycles. The second kappa shape index (κ2) is 9.59. The monoisotopic (exact) mass is 512 g/mol. The van der Waals surface area contributed by atoms with Crippen molar-refractivity contribution in [3.05, 3.63) is 39.9 Å². The number of benzene rings is 2. The van der Waals surface area contributed by atoms with Crippen LogP contribution in [0.1, 0.15) is 44.8 Å². The van der Waals surface area contributed by atoms with Gasteiger partial charge in [0, 0.05) is 42.9 Å². The number of ether oxygens (including phenoxy) is 7. The van der Waals surface area contributed by atoms with Gasteiger partial charge in [0.1, 0.15) is 11.7 Å². The fraction of sp³-hybridized carbons (Fsp3) is 0.519. The van der Waals surface area contributed by atoms with Crippen LogP contribution < -0.4 is 23.7 Å². The first kappa shape index (κ1) is 24.1. The molecule has 10 heteroatoms. The number of hydrogen-bond donors (Lipinski definition) is 0. The maximum absolute atomic E-state index is 13.2. The zero-order valence-corrected chi connectivity index (χ0v) is 21.6. The van der Waals surface area contributed by atoms with E-state index in [9.17, 15) is 4.79 Å². The average molecular weight is 513 g/mol. The third kappa shape index (κ3) is 3.77. The maximum atomic E-state index is 13.2. The average Bonchev–Trinajstić information content (AvgIpc) is 3.53. The zero-order valence-electron chi connectivity index (χ0n) is 21.6. The molecule has 6 rings (SSSR count). The van der Waals surface area contributed by atoms with E-state index in [1.807, 2.05) is 19.2 Å². The van der Waals surface area contributed by atoms with E-state index in [0.717, 1.165) is 55.0 Å². The van der Waals surface area contributed by atoms with Crippen LogP contribution in [0.5, 0.6) is 28.7 Å². The van der Waals surface area contributed by atoms with Gasteiger partial charge in [-0.2, -0.15) is 0 Å². The molecule has 0 amide bonds. The van der Waals surface area contributed by atoms with Crippen LogP contribution in [0.3, 0.4) is 0 Å². The summed E-state index contributed by atoms with van der Waals surface area (Å²) in [6.07, 6.45) is 0.255. The minimum Gasteiger partial charge on any atom is -0.493 e. The van der Waals surface area contributed by atoms with Crippen LogP contribution in [0, 0.1) is 0 Å². The summed E-state index contributed by atoms with van der Waals surface area (Å²) in [7, 11) is 6.78. The number of carbonyl (C=O) groups is 1. The molecule has 0 aromatic heterocycles. The highest BCUT2D eigenvalue weighted by molar-refractivity contribution is 5.98. The number of hydrogen-bond acceptors (Lipinski definition) is 10. The highest BCUT2D eigenvalue weighted by Crippen LogP contribution is 2.57. The molecule has 0 unspecified atom stereocenters. The second-order valence-corrected chi connectivity index (χ2v) is 9.62. The van der Waals surface area contributed by atoms with Crippen LogP contribution in [0.4, 0.5) is 0 Å². The van der Waals surface area contributed by atoms with Crippen LogP contribution in [-0.2, 0) is 22.4 Å². The minimum absolute atomic E-state index is 0.142. The number of rotatable bonds is 6. The molecule has 0 N–H and O–H groups in total. The summed E-state index contributed by atoms with van der Waals surface area (Å²) in [4.78, 5) is 17.8. The summed E-state index contributed by atoms with van der Waals surface area (Å²) in [5.41, 5.74) is 4.42. The van der Waals surface area contributed by atoms with Crippen molar-refractivity contribution in [2.45, 2.75) is 25.1 Å². The van der Waals surface area contributed by atoms with Gasteiger partial charge in [-0.15, -0.1) is 0 Å². The minimum atomic E-state index is -0.558. The molecular formula is C27H32N2O8. The Kier molecular flexibility index (Phi) is 6.26. The van der Waals surface area contributed by atoms with Gasteiger partial charge in [0.15, 0.2) is 23.0 Å². The number of nitrogens with zero attached hydrogens (tertiary/aromatic N) is 2. The van der Waals surface area contributed by atoms with Crippen molar-refractivity contribution >= 4 is 5.97 Å². The topological polar surface area (TPSA) is 88.2 Å². The highest BCUT2D eigenvalue weighted by Gasteiger charge is 2.47. The second-order valence-electron chi connectivity index (χ2n) is 9.62. The number of carbonyl (C=O) groups excluding carboxylic acids is 1. The molecule has 0 bridgehead atoms. The number of likely N-dealkylation sites (N-methyl/N-ethyl adjacent to an activating group) is 1. The van der Waals surface area contributed by atoms with Crippen LogP contribution >= 0.6 is 0 Å². The lowest BCUT2D eigenvalue weighted by molar-refractivity contribution is 0.00853. The van der Waals surface area contributed by atoms with Crippen molar-refractivity contribution < 1.29 is 38.0 Å². The Labute approximate surface area is 215 Å². The van der Waals surface area contributed by atoms with Crippen LogP contribution in [0.2, 0.25) is 0 Å². The van der Waals surface area contributed by atoms with Crippen LogP contribution in [-0.4, -0.2) is 83.8 Å². The van der Waals surface area contributed by atoms with E-state index in [1.54, 1.807) is 14.2 Å². The summed E-state index contributed by atoms with van der Waals surface area (Å²) in [6.45, 7) is 4.79. The Balaban J connectivity index is 1.51. The number of fused-ring (bicyclic) bond motifs is 3. The van der Waals surface area contributed by atoms with E-state index >= 15 is 0 Å². The Bertz CT molecular complexity index is 1230. The smallest absolute Gasteiger partial charge is 0.343 e. The fourth-order valence-electron chi connectivity index (χ4n) is 6.07. The lowest BCUT2D eigenvalue weighted by Crippen LogP contribution is -2.39. The van der Waals surface area contributed by atoms with Crippen LogP contribution in [0.25, 0.3) is 0 Å². The number of methoxy groups -OCH3 is 3. The lowest BCUT2D eigenvalue weighted by Gasteiger charge is -2.40. The van der Waals surface area contributed by atoms with Crippen LogP contribution in [0.15, 0.2) is 12.1 Å². The normalized spacial score (nSPS) is 22.9. The third-order valence-electron chi connectivity index (χ3n) is 7.81. The number of morpholine rings is 1. The Hall–Kier alpha value is -3.21. The summed E-state index contributed by atoms with van der Waals surface area (Å²) in [5, 5.41) is 0. The summed E-state index contributed by atoms with van der Waals surface area (Å²) < 4.78 is 40.6. The summed E-state index contributed by atoms with van der Waals surface area (Å²) in [6, 6.07) is 3.42. The van der Waals surface area contributed by atoms with Crippen molar-refractivity contribution in [2.24, 2.45) is 0 Å². The van der Waals surface area contributed by atoms with Crippen molar-refractivity contribution in [3.8, 4) is 28.7 Å². The van der Waals surface area contributed by atoms with Gasteiger partial charge in [-0.1, -0.05) is 6.07 Å². The van der Waals surface area contributed by atoms with Gasteiger partial charge >= 0.3 is 5.97 Å². The largest absolute Gasteiger partial charge is 0.493 e. The Morgan fingerprint density at radius 3 is 2.46 bits per heavy atom. The first-order valence-electron chi connectivity index (χ1n) is 12.5. The molecule has 1 fully saturated rings. The highest BCUT2D eigenvalue weighted by atomic mass is 16.7. The zero-order chi connectivity index (χ0) is 25.7. The lowest BCUT2D eigenvalue weighted by atomic mass is 9.83. The molecular weight excluding hydrogens is 480 g/mol. The van der Waals surface area contributed by atoms with Crippen molar-refractivity contribution in [2.75, 3.05) is 68.0 Å². The predicted molar refractivity (Wildman–Crippen MR) is 132 cm³/mol. The molecule has 1 saturated heterocycles. The fourth-order valence-corrected chi connectivity index (χ4v) is 6.07. The molecule has 0 saturated carbocycles. The van der Waals surface area contributed by atoms with Crippen molar-refractivity contribution in [3.63, 3.8) is 0 Å². The van der Waals surface area contributed by atoms with Gasteiger partial charge in [0.2, 0.25) is 12.5 Å². The molecule has 4 aliphatic heterocycles. The Morgan fingerprint density at radius 2 is 1.73 bits per heavy atom. The van der Waals surface area contributed by atoms with E-state index in [-0.39, 0.29) is 12.8 Å². The van der Waals surface area contributed by atoms with Gasteiger partial charge < -0.3 is 33.2 Å². The SMILES string of the molecule is COc1ccc2c(c1OC)C(=O)O[C@@H]2[C@H]1c2c(c(CN3CCOCC3)c3c(c2OC)OCO3)CCN1C. The molecule has 2 atom stereocenters.